The van der Waals surface area contributed by atoms with Gasteiger partial charge in [0, 0.05) is 44.6 Å². The largest absolute Gasteiger partial charge is 0.465 e. The molecule has 2 aliphatic heterocycles. The Balaban J connectivity index is 1.43. The summed E-state index contributed by atoms with van der Waals surface area (Å²) >= 11 is 0. The summed E-state index contributed by atoms with van der Waals surface area (Å²) in [6, 6.07) is 6.73. The van der Waals surface area contributed by atoms with Crippen molar-refractivity contribution >= 4 is 17.6 Å². The number of amides is 1. The second kappa shape index (κ2) is 7.95. The highest BCUT2D eigenvalue weighted by Crippen LogP contribution is 2.31. The fourth-order valence-electron chi connectivity index (χ4n) is 3.23. The summed E-state index contributed by atoms with van der Waals surface area (Å²) in [6.45, 7) is 3.77. The lowest BCUT2D eigenvalue weighted by molar-refractivity contribution is -0.185. The number of nitrogens with zero attached hydrogens (tertiary/aromatic N) is 1. The fraction of sp³-hybridized carbons (Fsp3) is 0.556. The summed E-state index contributed by atoms with van der Waals surface area (Å²) in [5.41, 5.74) is 1.01. The number of ether oxygens (including phenoxy) is 3. The molecule has 3 rings (SSSR count). The van der Waals surface area contributed by atoms with Gasteiger partial charge in [-0.3, -0.25) is 4.79 Å². The van der Waals surface area contributed by atoms with Gasteiger partial charge in [0.05, 0.1) is 25.9 Å². The Bertz CT molecular complexity index is 618. The molecule has 0 unspecified atom stereocenters. The van der Waals surface area contributed by atoms with Crippen molar-refractivity contribution in [2.45, 2.75) is 25.0 Å². The molecule has 2 saturated heterocycles. The van der Waals surface area contributed by atoms with Crippen molar-refractivity contribution in [3.05, 3.63) is 29.8 Å². The van der Waals surface area contributed by atoms with Crippen LogP contribution in [0, 0.1) is 0 Å². The number of likely N-dealkylation sites (tertiary alicyclic amines) is 1. The summed E-state index contributed by atoms with van der Waals surface area (Å²) in [7, 11) is 1.33. The van der Waals surface area contributed by atoms with E-state index in [4.69, 9.17) is 9.47 Å². The summed E-state index contributed by atoms with van der Waals surface area (Å²) in [4.78, 5) is 25.9. The van der Waals surface area contributed by atoms with Gasteiger partial charge in [0.25, 0.3) is 0 Å². The van der Waals surface area contributed by atoms with Gasteiger partial charge in [-0.1, -0.05) is 6.07 Å². The fourth-order valence-corrected chi connectivity index (χ4v) is 3.23. The van der Waals surface area contributed by atoms with Gasteiger partial charge in [-0.25, -0.2) is 4.79 Å². The molecule has 136 valence electrons. The second-order valence-electron chi connectivity index (χ2n) is 6.32. The summed E-state index contributed by atoms with van der Waals surface area (Å²) in [5.74, 6) is -0.877. The first-order chi connectivity index (χ1) is 12.1. The predicted molar refractivity (Wildman–Crippen MR) is 91.3 cm³/mol. The van der Waals surface area contributed by atoms with E-state index in [-0.39, 0.29) is 11.7 Å². The van der Waals surface area contributed by atoms with Gasteiger partial charge >= 0.3 is 5.97 Å². The molecule has 0 bridgehead atoms. The summed E-state index contributed by atoms with van der Waals surface area (Å²) in [6.07, 6.45) is 2.09. The van der Waals surface area contributed by atoms with Crippen molar-refractivity contribution in [2.24, 2.45) is 0 Å². The van der Waals surface area contributed by atoms with Crippen molar-refractivity contribution in [3.8, 4) is 0 Å². The van der Waals surface area contributed by atoms with E-state index in [0.29, 0.717) is 37.4 Å². The first-order valence-electron chi connectivity index (χ1n) is 8.59. The standard InChI is InChI=1S/C18H24N2O5/c1-23-17(22)14-3-2-4-15(13-14)19-16(21)5-8-20-9-6-18(7-10-20)24-11-12-25-18/h2-4,13H,5-12H2,1H3,(H,19,21). The molecule has 1 amide bonds. The Hall–Kier alpha value is -1.96. The summed E-state index contributed by atoms with van der Waals surface area (Å²) < 4.78 is 16.1. The number of nitrogens with one attached hydrogen (secondary N) is 1. The van der Waals surface area contributed by atoms with Crippen LogP contribution in [0.25, 0.3) is 0 Å². The molecule has 2 fully saturated rings. The smallest absolute Gasteiger partial charge is 0.337 e. The van der Waals surface area contributed by atoms with E-state index in [0.717, 1.165) is 25.9 Å². The van der Waals surface area contributed by atoms with E-state index < -0.39 is 5.97 Å². The summed E-state index contributed by atoms with van der Waals surface area (Å²) in [5, 5.41) is 2.83. The predicted octanol–water partition coefficient (Wildman–Crippen LogP) is 1.64. The first-order valence-corrected chi connectivity index (χ1v) is 8.59. The SMILES string of the molecule is COC(=O)c1cccc(NC(=O)CCN2CCC3(CC2)OCCO3)c1. The number of carbonyl (C=O) groups is 2. The number of methoxy groups -OCH3 is 1. The van der Waals surface area contributed by atoms with E-state index in [9.17, 15) is 9.59 Å². The van der Waals surface area contributed by atoms with Gasteiger partial charge in [-0.2, -0.15) is 0 Å². The molecular formula is C18H24N2O5. The highest BCUT2D eigenvalue weighted by atomic mass is 16.7. The molecule has 2 heterocycles. The Morgan fingerprint density at radius 3 is 2.64 bits per heavy atom. The Labute approximate surface area is 147 Å². The normalized spacial score (nSPS) is 19.7. The molecule has 25 heavy (non-hydrogen) atoms. The maximum atomic E-state index is 12.2. The van der Waals surface area contributed by atoms with Crippen LogP contribution in [-0.2, 0) is 19.0 Å². The molecule has 1 spiro atoms. The highest BCUT2D eigenvalue weighted by Gasteiger charge is 2.39. The van der Waals surface area contributed by atoms with Gasteiger partial charge in [-0.15, -0.1) is 0 Å². The van der Waals surface area contributed by atoms with E-state index in [1.807, 2.05) is 0 Å². The van der Waals surface area contributed by atoms with Crippen molar-refractivity contribution in [1.82, 2.24) is 4.90 Å². The Kier molecular flexibility index (Phi) is 5.67. The number of esters is 1. The number of rotatable bonds is 5. The zero-order valence-corrected chi connectivity index (χ0v) is 14.5. The average Bonchev–Trinajstić information content (AvgIpc) is 3.09. The maximum absolute atomic E-state index is 12.2. The third kappa shape index (κ3) is 4.56. The minimum absolute atomic E-state index is 0.0735. The lowest BCUT2D eigenvalue weighted by Gasteiger charge is -2.37. The molecule has 7 nitrogen and oxygen atoms in total. The van der Waals surface area contributed by atoms with Gasteiger partial charge in [0.2, 0.25) is 5.91 Å². The van der Waals surface area contributed by atoms with Crippen molar-refractivity contribution < 1.29 is 23.8 Å². The van der Waals surface area contributed by atoms with E-state index >= 15 is 0 Å². The quantitative estimate of drug-likeness (QED) is 0.815. The minimum Gasteiger partial charge on any atom is -0.465 e. The molecule has 0 aliphatic carbocycles. The van der Waals surface area contributed by atoms with E-state index in [1.165, 1.54) is 7.11 Å². The van der Waals surface area contributed by atoms with Crippen LogP contribution >= 0.6 is 0 Å². The number of anilines is 1. The monoisotopic (exact) mass is 348 g/mol. The second-order valence-corrected chi connectivity index (χ2v) is 6.32. The molecule has 0 saturated carbocycles. The number of benzene rings is 1. The zero-order valence-electron chi connectivity index (χ0n) is 14.5. The van der Waals surface area contributed by atoms with Gasteiger partial charge in [-0.05, 0) is 18.2 Å². The zero-order chi connectivity index (χ0) is 17.7. The van der Waals surface area contributed by atoms with Crippen LogP contribution in [0.4, 0.5) is 5.69 Å². The van der Waals surface area contributed by atoms with Crippen LogP contribution in [0.1, 0.15) is 29.6 Å². The number of piperidine rings is 1. The van der Waals surface area contributed by atoms with Crippen molar-refractivity contribution in [1.29, 1.82) is 0 Å². The van der Waals surface area contributed by atoms with Gasteiger partial charge in [0.1, 0.15) is 0 Å². The molecule has 0 aromatic heterocycles. The number of carbonyl (C=O) groups excluding carboxylic acids is 2. The van der Waals surface area contributed by atoms with Crippen LogP contribution < -0.4 is 5.32 Å². The third-order valence-corrected chi connectivity index (χ3v) is 4.65. The van der Waals surface area contributed by atoms with Crippen LogP contribution in [0.2, 0.25) is 0 Å². The van der Waals surface area contributed by atoms with Crippen LogP contribution in [-0.4, -0.2) is 62.5 Å². The van der Waals surface area contributed by atoms with Crippen molar-refractivity contribution in [3.63, 3.8) is 0 Å². The van der Waals surface area contributed by atoms with Gasteiger partial charge in [0.15, 0.2) is 5.79 Å². The Morgan fingerprint density at radius 1 is 1.24 bits per heavy atom. The number of hydrogen-bond donors (Lipinski definition) is 1. The molecule has 0 atom stereocenters. The first kappa shape index (κ1) is 17.8. The lowest BCUT2D eigenvalue weighted by atomic mass is 10.0. The molecule has 7 heteroatoms. The molecule has 0 radical (unpaired) electrons. The molecular weight excluding hydrogens is 324 g/mol. The van der Waals surface area contributed by atoms with Crippen LogP contribution in [0.3, 0.4) is 0 Å². The van der Waals surface area contributed by atoms with Crippen molar-refractivity contribution in [2.75, 3.05) is 45.3 Å². The van der Waals surface area contributed by atoms with Crippen LogP contribution in [0.15, 0.2) is 24.3 Å². The lowest BCUT2D eigenvalue weighted by Crippen LogP contribution is -2.45. The highest BCUT2D eigenvalue weighted by molar-refractivity contribution is 5.94. The van der Waals surface area contributed by atoms with Gasteiger partial charge < -0.3 is 24.4 Å². The van der Waals surface area contributed by atoms with E-state index in [1.54, 1.807) is 24.3 Å². The van der Waals surface area contributed by atoms with Crippen LogP contribution in [0.5, 0.6) is 0 Å². The molecule has 1 N–H and O–H groups in total. The topological polar surface area (TPSA) is 77.1 Å². The third-order valence-electron chi connectivity index (χ3n) is 4.65. The molecule has 1 aromatic rings. The Morgan fingerprint density at radius 2 is 1.96 bits per heavy atom. The van der Waals surface area contributed by atoms with E-state index in [2.05, 4.69) is 15.0 Å². The molecule has 1 aromatic carbocycles. The maximum Gasteiger partial charge on any atom is 0.337 e. The average molecular weight is 348 g/mol. The molecule has 2 aliphatic rings. The number of hydrogen-bond acceptors (Lipinski definition) is 6. The minimum atomic E-state index is -0.422.